The fourth-order valence-electron chi connectivity index (χ4n) is 3.00. The number of alkyl halides is 3. The Hall–Kier alpha value is -2.71. The summed E-state index contributed by atoms with van der Waals surface area (Å²) in [4.78, 5) is 21.6. The summed E-state index contributed by atoms with van der Waals surface area (Å²) >= 11 is 0. The number of benzene rings is 1. The molecular weight excluding hydrogens is 378 g/mol. The molecule has 5 nitrogen and oxygen atoms in total. The predicted octanol–water partition coefficient (Wildman–Crippen LogP) is 3.64. The molecule has 1 saturated heterocycles. The number of ether oxygens (including phenoxy) is 1. The van der Waals surface area contributed by atoms with Crippen LogP contribution in [0.15, 0.2) is 36.7 Å². The molecule has 1 aliphatic rings. The number of rotatable bonds is 5. The van der Waals surface area contributed by atoms with Crippen LogP contribution in [0.25, 0.3) is 0 Å². The van der Waals surface area contributed by atoms with Gasteiger partial charge >= 0.3 is 12.2 Å². The van der Waals surface area contributed by atoms with E-state index in [9.17, 15) is 22.4 Å². The summed E-state index contributed by atoms with van der Waals surface area (Å²) in [6, 6.07) is 4.96. The van der Waals surface area contributed by atoms with Crippen molar-refractivity contribution in [3.63, 3.8) is 0 Å². The molecule has 0 atom stereocenters. The van der Waals surface area contributed by atoms with Crippen molar-refractivity contribution >= 4 is 5.91 Å². The molecule has 0 unspecified atom stereocenters. The number of halogens is 4. The molecule has 1 aromatic heterocycles. The van der Waals surface area contributed by atoms with Crippen LogP contribution in [0.3, 0.4) is 0 Å². The first-order valence-electron chi connectivity index (χ1n) is 8.89. The van der Waals surface area contributed by atoms with Crippen molar-refractivity contribution in [2.75, 3.05) is 13.1 Å². The van der Waals surface area contributed by atoms with Gasteiger partial charge in [-0.1, -0.05) is 12.1 Å². The van der Waals surface area contributed by atoms with Crippen LogP contribution in [0, 0.1) is 5.82 Å². The molecular formula is C19H19F4N3O2. The van der Waals surface area contributed by atoms with E-state index in [4.69, 9.17) is 4.74 Å². The Morgan fingerprint density at radius 3 is 2.29 bits per heavy atom. The van der Waals surface area contributed by atoms with Crippen LogP contribution in [0.5, 0.6) is 6.01 Å². The van der Waals surface area contributed by atoms with Gasteiger partial charge in [-0.25, -0.2) is 14.4 Å². The molecule has 28 heavy (non-hydrogen) atoms. The number of hydrogen-bond donors (Lipinski definition) is 0. The third kappa shape index (κ3) is 5.40. The average molecular weight is 397 g/mol. The third-order valence-electron chi connectivity index (χ3n) is 4.57. The van der Waals surface area contributed by atoms with E-state index in [0.717, 1.165) is 24.5 Å². The highest BCUT2D eigenvalue weighted by atomic mass is 19.4. The molecule has 0 N–H and O–H groups in total. The standard InChI is InChI=1S/C19H19F4N3O2/c20-15-11-24-18(25-12-15)28-16-7-9-26(10-8-16)17(27)6-3-13-1-4-14(5-2-13)19(21,22)23/h1-2,4-5,11-12,16H,3,6-10H2. The second kappa shape index (κ2) is 8.53. The van der Waals surface area contributed by atoms with E-state index in [1.54, 1.807) is 4.90 Å². The number of piperidine rings is 1. The highest BCUT2D eigenvalue weighted by Crippen LogP contribution is 2.29. The largest absolute Gasteiger partial charge is 0.460 e. The molecule has 0 bridgehead atoms. The Morgan fingerprint density at radius 1 is 1.11 bits per heavy atom. The highest BCUT2D eigenvalue weighted by Gasteiger charge is 2.30. The first-order valence-corrected chi connectivity index (χ1v) is 8.89. The van der Waals surface area contributed by atoms with Crippen molar-refractivity contribution in [2.45, 2.75) is 38.0 Å². The minimum atomic E-state index is -4.36. The second-order valence-electron chi connectivity index (χ2n) is 6.58. The van der Waals surface area contributed by atoms with E-state index in [2.05, 4.69) is 9.97 Å². The number of likely N-dealkylation sites (tertiary alicyclic amines) is 1. The van der Waals surface area contributed by atoms with Gasteiger partial charge in [0, 0.05) is 32.4 Å². The SMILES string of the molecule is O=C(CCc1ccc(C(F)(F)F)cc1)N1CCC(Oc2ncc(F)cn2)CC1. The van der Waals surface area contributed by atoms with Crippen LogP contribution in [0.4, 0.5) is 17.6 Å². The Bertz CT molecular complexity index is 786. The van der Waals surface area contributed by atoms with Gasteiger partial charge in [-0.15, -0.1) is 0 Å². The lowest BCUT2D eigenvalue weighted by Crippen LogP contribution is -2.42. The maximum absolute atomic E-state index is 12.8. The van der Waals surface area contributed by atoms with E-state index in [1.165, 1.54) is 12.1 Å². The van der Waals surface area contributed by atoms with Gasteiger partial charge in [-0.3, -0.25) is 4.79 Å². The van der Waals surface area contributed by atoms with Crippen LogP contribution in [0.2, 0.25) is 0 Å². The Kier molecular flexibility index (Phi) is 6.11. The van der Waals surface area contributed by atoms with Gasteiger partial charge in [0.2, 0.25) is 5.91 Å². The maximum atomic E-state index is 12.8. The molecule has 2 heterocycles. The molecule has 0 aliphatic carbocycles. The summed E-state index contributed by atoms with van der Waals surface area (Å²) < 4.78 is 56.1. The van der Waals surface area contributed by atoms with E-state index in [0.29, 0.717) is 37.9 Å². The van der Waals surface area contributed by atoms with Gasteiger partial charge in [-0.05, 0) is 24.1 Å². The Labute approximate surface area is 159 Å². The van der Waals surface area contributed by atoms with E-state index >= 15 is 0 Å². The van der Waals surface area contributed by atoms with Crippen molar-refractivity contribution in [3.05, 3.63) is 53.6 Å². The lowest BCUT2D eigenvalue weighted by Gasteiger charge is -2.31. The van der Waals surface area contributed by atoms with Crippen LogP contribution in [-0.2, 0) is 17.4 Å². The zero-order valence-electron chi connectivity index (χ0n) is 15.0. The number of amides is 1. The molecule has 9 heteroatoms. The third-order valence-corrected chi connectivity index (χ3v) is 4.57. The minimum absolute atomic E-state index is 0.0450. The van der Waals surface area contributed by atoms with Gasteiger partial charge in [0.1, 0.15) is 6.10 Å². The van der Waals surface area contributed by atoms with Gasteiger partial charge in [-0.2, -0.15) is 13.2 Å². The van der Waals surface area contributed by atoms with Crippen molar-refractivity contribution < 1.29 is 27.1 Å². The van der Waals surface area contributed by atoms with Crippen LogP contribution >= 0.6 is 0 Å². The molecule has 0 spiro atoms. The summed E-state index contributed by atoms with van der Waals surface area (Å²) in [5, 5.41) is 0. The van der Waals surface area contributed by atoms with Gasteiger partial charge in [0.15, 0.2) is 5.82 Å². The molecule has 1 fully saturated rings. The van der Waals surface area contributed by atoms with Crippen LogP contribution < -0.4 is 4.74 Å². The first kappa shape index (κ1) is 20.0. The first-order chi connectivity index (χ1) is 13.3. The second-order valence-corrected chi connectivity index (χ2v) is 6.58. The number of hydrogen-bond acceptors (Lipinski definition) is 4. The van der Waals surface area contributed by atoms with Gasteiger partial charge in [0.05, 0.1) is 18.0 Å². The molecule has 3 rings (SSSR count). The van der Waals surface area contributed by atoms with Gasteiger partial charge in [0.25, 0.3) is 0 Å². The lowest BCUT2D eigenvalue weighted by atomic mass is 10.0. The average Bonchev–Trinajstić information content (AvgIpc) is 2.68. The summed E-state index contributed by atoms with van der Waals surface area (Å²) in [5.74, 6) is -0.586. The quantitative estimate of drug-likeness (QED) is 0.723. The van der Waals surface area contributed by atoms with Crippen LogP contribution in [0.1, 0.15) is 30.4 Å². The number of aryl methyl sites for hydroxylation is 1. The van der Waals surface area contributed by atoms with Crippen molar-refractivity contribution in [2.24, 2.45) is 0 Å². The molecule has 1 aromatic carbocycles. The summed E-state index contributed by atoms with van der Waals surface area (Å²) in [6.07, 6.45) is -0.622. The molecule has 1 amide bonds. The number of carbonyl (C=O) groups is 1. The van der Waals surface area contributed by atoms with E-state index in [1.807, 2.05) is 0 Å². The number of nitrogens with zero attached hydrogens (tertiary/aromatic N) is 3. The molecule has 1 aliphatic heterocycles. The molecule has 0 radical (unpaired) electrons. The fraction of sp³-hybridized carbons (Fsp3) is 0.421. The molecule has 150 valence electrons. The smallest absolute Gasteiger partial charge is 0.416 e. The molecule has 0 saturated carbocycles. The normalized spacial score (nSPS) is 15.5. The monoisotopic (exact) mass is 397 g/mol. The topological polar surface area (TPSA) is 55.3 Å². The zero-order chi connectivity index (χ0) is 20.1. The summed E-state index contributed by atoms with van der Waals surface area (Å²) in [5.41, 5.74) is -0.0113. The fourth-order valence-corrected chi connectivity index (χ4v) is 3.00. The Morgan fingerprint density at radius 2 is 1.71 bits per heavy atom. The summed E-state index contributed by atoms with van der Waals surface area (Å²) in [7, 11) is 0. The Balaban J connectivity index is 1.43. The number of carbonyl (C=O) groups excluding carboxylic acids is 1. The van der Waals surface area contributed by atoms with E-state index < -0.39 is 17.6 Å². The maximum Gasteiger partial charge on any atom is 0.416 e. The van der Waals surface area contributed by atoms with Gasteiger partial charge < -0.3 is 9.64 Å². The van der Waals surface area contributed by atoms with E-state index in [-0.39, 0.29) is 24.4 Å². The predicted molar refractivity (Wildman–Crippen MR) is 92.0 cm³/mol. The van der Waals surface area contributed by atoms with Crippen LogP contribution in [-0.4, -0.2) is 40.0 Å². The number of aromatic nitrogens is 2. The van der Waals surface area contributed by atoms with Crippen molar-refractivity contribution in [1.82, 2.24) is 14.9 Å². The summed E-state index contributed by atoms with van der Waals surface area (Å²) in [6.45, 7) is 1.02. The van der Waals surface area contributed by atoms with Crippen molar-refractivity contribution in [3.8, 4) is 6.01 Å². The lowest BCUT2D eigenvalue weighted by molar-refractivity contribution is -0.137. The zero-order valence-corrected chi connectivity index (χ0v) is 15.0. The molecule has 2 aromatic rings. The minimum Gasteiger partial charge on any atom is -0.460 e. The highest BCUT2D eigenvalue weighted by molar-refractivity contribution is 5.76. The van der Waals surface area contributed by atoms with Crippen molar-refractivity contribution in [1.29, 1.82) is 0 Å².